The number of ether oxygens (including phenoxy) is 1. The van der Waals surface area contributed by atoms with Gasteiger partial charge in [-0.05, 0) is 25.7 Å². The van der Waals surface area contributed by atoms with Crippen LogP contribution in [0.5, 0.6) is 5.88 Å². The number of aromatic nitrogens is 2. The van der Waals surface area contributed by atoms with Gasteiger partial charge < -0.3 is 10.1 Å². The van der Waals surface area contributed by atoms with E-state index in [-0.39, 0.29) is 0 Å². The van der Waals surface area contributed by atoms with Gasteiger partial charge in [0, 0.05) is 18.3 Å². The molecule has 0 aromatic carbocycles. The molecule has 21 heavy (non-hydrogen) atoms. The third-order valence-corrected chi connectivity index (χ3v) is 3.28. The monoisotopic (exact) mass is 293 g/mol. The van der Waals surface area contributed by atoms with E-state index in [1.807, 2.05) is 13.0 Å². The van der Waals surface area contributed by atoms with Crippen molar-refractivity contribution in [2.24, 2.45) is 5.92 Å². The van der Waals surface area contributed by atoms with Crippen molar-refractivity contribution >= 4 is 5.95 Å². The molecule has 0 saturated heterocycles. The predicted molar refractivity (Wildman–Crippen MR) is 89.0 cm³/mol. The van der Waals surface area contributed by atoms with E-state index in [1.54, 1.807) is 0 Å². The number of hydrogen-bond donors (Lipinski definition) is 1. The lowest BCUT2D eigenvalue weighted by molar-refractivity contribution is 0.305. The van der Waals surface area contributed by atoms with Crippen molar-refractivity contribution in [3.05, 3.63) is 11.8 Å². The first-order valence-electron chi connectivity index (χ1n) is 8.34. The van der Waals surface area contributed by atoms with E-state index in [0.717, 1.165) is 24.6 Å². The van der Waals surface area contributed by atoms with Crippen LogP contribution < -0.4 is 10.1 Å². The molecule has 0 aliphatic rings. The largest absolute Gasteiger partial charge is 0.478 e. The van der Waals surface area contributed by atoms with E-state index >= 15 is 0 Å². The zero-order chi connectivity index (χ0) is 15.5. The van der Waals surface area contributed by atoms with E-state index in [0.29, 0.717) is 18.4 Å². The van der Waals surface area contributed by atoms with Crippen LogP contribution in [0.15, 0.2) is 6.07 Å². The maximum Gasteiger partial charge on any atom is 0.226 e. The smallest absolute Gasteiger partial charge is 0.226 e. The highest BCUT2D eigenvalue weighted by atomic mass is 16.5. The normalized spacial score (nSPS) is 10.9. The van der Waals surface area contributed by atoms with Gasteiger partial charge in [-0.25, -0.2) is 4.98 Å². The molecule has 1 rings (SSSR count). The second-order valence-electron chi connectivity index (χ2n) is 6.04. The first-order chi connectivity index (χ1) is 10.1. The van der Waals surface area contributed by atoms with Gasteiger partial charge in [-0.3, -0.25) is 0 Å². The molecule has 0 atom stereocenters. The number of aryl methyl sites for hydroxylation is 1. The molecule has 120 valence electrons. The maximum atomic E-state index is 5.57. The lowest BCUT2D eigenvalue weighted by Crippen LogP contribution is -2.08. The van der Waals surface area contributed by atoms with Gasteiger partial charge >= 0.3 is 0 Å². The van der Waals surface area contributed by atoms with Crippen molar-refractivity contribution in [1.29, 1.82) is 0 Å². The van der Waals surface area contributed by atoms with Crippen molar-refractivity contribution < 1.29 is 4.74 Å². The summed E-state index contributed by atoms with van der Waals surface area (Å²) in [6.07, 6.45) is 7.42. The summed E-state index contributed by atoms with van der Waals surface area (Å²) in [7, 11) is 0. The zero-order valence-electron chi connectivity index (χ0n) is 14.1. The highest BCUT2D eigenvalue weighted by Crippen LogP contribution is 2.13. The summed E-state index contributed by atoms with van der Waals surface area (Å²) in [5.41, 5.74) is 0.940. The molecular formula is C17H31N3O. The number of anilines is 1. The Bertz CT molecular complexity index is 394. The van der Waals surface area contributed by atoms with E-state index in [2.05, 4.69) is 36.1 Å². The molecule has 0 aliphatic heterocycles. The molecule has 1 aromatic rings. The second kappa shape index (κ2) is 10.4. The predicted octanol–water partition coefficient (Wildman–Crippen LogP) is 4.59. The molecule has 4 nitrogen and oxygen atoms in total. The number of rotatable bonds is 11. The third kappa shape index (κ3) is 8.53. The van der Waals surface area contributed by atoms with E-state index < -0.39 is 0 Å². The molecule has 1 N–H and O–H groups in total. The van der Waals surface area contributed by atoms with Crippen molar-refractivity contribution in [2.45, 2.75) is 66.2 Å². The summed E-state index contributed by atoms with van der Waals surface area (Å²) >= 11 is 0. The highest BCUT2D eigenvalue weighted by Gasteiger charge is 2.02. The number of nitrogens with one attached hydrogen (secondary N) is 1. The van der Waals surface area contributed by atoms with Gasteiger partial charge in [0.1, 0.15) is 0 Å². The minimum absolute atomic E-state index is 0.670. The van der Waals surface area contributed by atoms with Crippen LogP contribution in [-0.4, -0.2) is 23.1 Å². The van der Waals surface area contributed by atoms with Crippen molar-refractivity contribution in [3.8, 4) is 5.88 Å². The molecule has 0 spiro atoms. The SMILES string of the molecule is CCCOc1cc(C)nc(NCCCCCCC(C)C)n1. The molecule has 0 amide bonds. The minimum atomic E-state index is 0.670. The molecule has 0 bridgehead atoms. The maximum absolute atomic E-state index is 5.57. The molecule has 0 fully saturated rings. The van der Waals surface area contributed by atoms with Crippen LogP contribution in [0, 0.1) is 12.8 Å². The average molecular weight is 293 g/mol. The van der Waals surface area contributed by atoms with Crippen LogP contribution in [-0.2, 0) is 0 Å². The van der Waals surface area contributed by atoms with Crippen molar-refractivity contribution in [1.82, 2.24) is 9.97 Å². The van der Waals surface area contributed by atoms with Crippen LogP contribution in [0.25, 0.3) is 0 Å². The summed E-state index contributed by atoms with van der Waals surface area (Å²) in [4.78, 5) is 8.78. The van der Waals surface area contributed by atoms with Crippen molar-refractivity contribution in [2.75, 3.05) is 18.5 Å². The molecule has 0 aliphatic carbocycles. The molecule has 1 heterocycles. The second-order valence-corrected chi connectivity index (χ2v) is 6.04. The Balaban J connectivity index is 2.23. The Hall–Kier alpha value is -1.32. The summed E-state index contributed by atoms with van der Waals surface area (Å²) in [5, 5.41) is 3.30. The van der Waals surface area contributed by atoms with Gasteiger partial charge in [0.2, 0.25) is 11.8 Å². The molecule has 0 saturated carbocycles. The molecule has 0 radical (unpaired) electrons. The third-order valence-electron chi connectivity index (χ3n) is 3.28. The zero-order valence-corrected chi connectivity index (χ0v) is 14.1. The van der Waals surface area contributed by atoms with Crippen LogP contribution in [0.2, 0.25) is 0 Å². The van der Waals surface area contributed by atoms with E-state index in [4.69, 9.17) is 4.74 Å². The van der Waals surface area contributed by atoms with Gasteiger partial charge in [0.25, 0.3) is 0 Å². The molecular weight excluding hydrogens is 262 g/mol. The molecule has 1 aromatic heterocycles. The average Bonchev–Trinajstić information content (AvgIpc) is 2.43. The van der Waals surface area contributed by atoms with Crippen LogP contribution in [0.1, 0.15) is 65.0 Å². The molecule has 0 unspecified atom stereocenters. The van der Waals surface area contributed by atoms with Gasteiger partial charge in [-0.1, -0.05) is 46.5 Å². The van der Waals surface area contributed by atoms with Crippen LogP contribution in [0.3, 0.4) is 0 Å². The van der Waals surface area contributed by atoms with Crippen molar-refractivity contribution in [3.63, 3.8) is 0 Å². The number of nitrogens with zero attached hydrogens (tertiary/aromatic N) is 2. The first kappa shape index (κ1) is 17.7. The van der Waals surface area contributed by atoms with Gasteiger partial charge in [0.05, 0.1) is 6.61 Å². The van der Waals surface area contributed by atoms with Gasteiger partial charge in [-0.15, -0.1) is 0 Å². The lowest BCUT2D eigenvalue weighted by atomic mass is 10.0. The summed E-state index contributed by atoms with van der Waals surface area (Å²) in [6, 6.07) is 1.88. The van der Waals surface area contributed by atoms with E-state index in [9.17, 15) is 0 Å². The van der Waals surface area contributed by atoms with E-state index in [1.165, 1.54) is 32.1 Å². The summed E-state index contributed by atoms with van der Waals surface area (Å²) < 4.78 is 5.57. The Morgan fingerprint density at radius 3 is 2.62 bits per heavy atom. The number of hydrogen-bond acceptors (Lipinski definition) is 4. The lowest BCUT2D eigenvalue weighted by Gasteiger charge is -2.09. The fraction of sp³-hybridized carbons (Fsp3) is 0.765. The Morgan fingerprint density at radius 2 is 1.90 bits per heavy atom. The number of unbranched alkanes of at least 4 members (excludes halogenated alkanes) is 3. The fourth-order valence-electron chi connectivity index (χ4n) is 2.13. The summed E-state index contributed by atoms with van der Waals surface area (Å²) in [6.45, 7) is 10.3. The molecule has 4 heteroatoms. The Labute approximate surface area is 129 Å². The topological polar surface area (TPSA) is 47.0 Å². The quantitative estimate of drug-likeness (QED) is 0.606. The Kier molecular flexibility index (Phi) is 8.79. The highest BCUT2D eigenvalue weighted by molar-refractivity contribution is 5.30. The van der Waals surface area contributed by atoms with Gasteiger partial charge in [0.15, 0.2) is 0 Å². The summed E-state index contributed by atoms with van der Waals surface area (Å²) in [5.74, 6) is 2.18. The van der Waals surface area contributed by atoms with Crippen LogP contribution in [0.4, 0.5) is 5.95 Å². The van der Waals surface area contributed by atoms with Gasteiger partial charge in [-0.2, -0.15) is 4.98 Å². The van der Waals surface area contributed by atoms with Crippen LogP contribution >= 0.6 is 0 Å². The standard InChI is InChI=1S/C17H31N3O/c1-5-12-21-16-13-15(4)19-17(20-16)18-11-9-7-6-8-10-14(2)3/h13-14H,5-12H2,1-4H3,(H,18,19,20). The minimum Gasteiger partial charge on any atom is -0.478 e. The Morgan fingerprint density at radius 1 is 1.14 bits per heavy atom. The fourth-order valence-corrected chi connectivity index (χ4v) is 2.13. The first-order valence-corrected chi connectivity index (χ1v) is 8.34.